The lowest BCUT2D eigenvalue weighted by Crippen LogP contribution is -2.59. The van der Waals surface area contributed by atoms with Crippen molar-refractivity contribution in [3.05, 3.63) is 71.8 Å². The van der Waals surface area contributed by atoms with Gasteiger partial charge in [-0.3, -0.25) is 15.0 Å². The lowest BCUT2D eigenvalue weighted by atomic mass is 9.98. The molecule has 49 heavy (non-hydrogen) atoms. The summed E-state index contributed by atoms with van der Waals surface area (Å²) in [6, 6.07) is 16.1. The van der Waals surface area contributed by atoms with E-state index in [9.17, 15) is 24.3 Å². The maximum Gasteiger partial charge on any atom is 0.408 e. The van der Waals surface area contributed by atoms with Crippen molar-refractivity contribution >= 4 is 24.0 Å². The van der Waals surface area contributed by atoms with Crippen LogP contribution in [0.25, 0.3) is 0 Å². The Kier molecular flexibility index (Phi) is 15.5. The van der Waals surface area contributed by atoms with Crippen molar-refractivity contribution in [1.82, 2.24) is 26.4 Å². The van der Waals surface area contributed by atoms with E-state index in [0.29, 0.717) is 0 Å². The molecule has 2 rings (SSSR count). The Balaban J connectivity index is 2.36. The van der Waals surface area contributed by atoms with E-state index >= 15 is 0 Å². The monoisotopic (exact) mass is 683 g/mol. The number of benzene rings is 2. The highest BCUT2D eigenvalue weighted by Gasteiger charge is 2.33. The minimum Gasteiger partial charge on any atom is -0.444 e. The van der Waals surface area contributed by atoms with Gasteiger partial charge in [-0.1, -0.05) is 88.4 Å². The quantitative estimate of drug-likeness (QED) is 0.169. The second-order valence-corrected chi connectivity index (χ2v) is 15.0. The van der Waals surface area contributed by atoms with Crippen LogP contribution in [0.1, 0.15) is 80.4 Å². The molecule has 12 heteroatoms. The van der Waals surface area contributed by atoms with Crippen molar-refractivity contribution in [2.24, 2.45) is 11.8 Å². The first-order valence-corrected chi connectivity index (χ1v) is 16.8. The van der Waals surface area contributed by atoms with E-state index in [1.165, 1.54) is 0 Å². The fourth-order valence-corrected chi connectivity index (χ4v) is 4.89. The van der Waals surface area contributed by atoms with E-state index in [0.717, 1.165) is 11.1 Å². The number of aliphatic hydroxyl groups excluding tert-OH is 1. The first-order valence-electron chi connectivity index (χ1n) is 16.8. The molecule has 4 amide bonds. The van der Waals surface area contributed by atoms with Crippen LogP contribution in [0.15, 0.2) is 60.7 Å². The van der Waals surface area contributed by atoms with Crippen LogP contribution in [0, 0.1) is 11.8 Å². The SMILES string of the molecule is CC(C)[C@H](NC(=O)OC(C)(C)C)C(=O)N[C@@H](Cc1ccccc1)[C@@H](O)CN(Cc1ccccc1)NC(=O)[C@@H](NC(=O)OC(C)(C)C)C(C)C. The second kappa shape index (κ2) is 18.6. The number of nitrogens with one attached hydrogen (secondary N) is 4. The number of aliphatic hydroxyl groups is 1. The molecule has 0 aliphatic rings. The maximum atomic E-state index is 13.7. The van der Waals surface area contributed by atoms with Gasteiger partial charge in [0.25, 0.3) is 5.91 Å². The zero-order chi connectivity index (χ0) is 36.9. The van der Waals surface area contributed by atoms with Gasteiger partial charge in [0.15, 0.2) is 0 Å². The van der Waals surface area contributed by atoms with Crippen molar-refractivity contribution in [2.75, 3.05) is 6.54 Å². The average Bonchev–Trinajstić information content (AvgIpc) is 2.97. The molecule has 272 valence electrons. The first-order chi connectivity index (χ1) is 22.7. The first kappa shape index (κ1) is 41.0. The van der Waals surface area contributed by atoms with Gasteiger partial charge in [0.1, 0.15) is 23.3 Å². The van der Waals surface area contributed by atoms with Crippen LogP contribution < -0.4 is 21.4 Å². The third kappa shape index (κ3) is 15.7. The minimum absolute atomic E-state index is 0.0818. The van der Waals surface area contributed by atoms with Crippen molar-refractivity contribution in [1.29, 1.82) is 0 Å². The average molecular weight is 684 g/mol. The number of carbonyl (C=O) groups excluding carboxylic acids is 4. The van der Waals surface area contributed by atoms with Gasteiger partial charge in [-0.25, -0.2) is 14.6 Å². The van der Waals surface area contributed by atoms with Gasteiger partial charge < -0.3 is 30.5 Å². The third-order valence-electron chi connectivity index (χ3n) is 7.23. The molecule has 12 nitrogen and oxygen atoms in total. The number of hydrogen-bond donors (Lipinski definition) is 5. The number of nitrogens with zero attached hydrogens (tertiary/aromatic N) is 1. The molecule has 0 bridgehead atoms. The van der Waals surface area contributed by atoms with Crippen molar-refractivity contribution in [2.45, 2.75) is 118 Å². The smallest absolute Gasteiger partial charge is 0.408 e. The molecular formula is C37H57N5O7. The molecule has 0 fully saturated rings. The number of hydrazine groups is 1. The molecule has 2 aromatic carbocycles. The van der Waals surface area contributed by atoms with Crippen LogP contribution in [0.4, 0.5) is 9.59 Å². The number of alkyl carbamates (subject to hydrolysis) is 2. The van der Waals surface area contributed by atoms with Gasteiger partial charge >= 0.3 is 12.2 Å². The number of ether oxygens (including phenoxy) is 2. The van der Waals surface area contributed by atoms with Crippen LogP contribution in [0.3, 0.4) is 0 Å². The Morgan fingerprint density at radius 2 is 1.10 bits per heavy atom. The fraction of sp³-hybridized carbons (Fsp3) is 0.568. The summed E-state index contributed by atoms with van der Waals surface area (Å²) in [6.45, 7) is 17.8. The molecule has 0 aliphatic heterocycles. The zero-order valence-corrected chi connectivity index (χ0v) is 30.7. The van der Waals surface area contributed by atoms with Gasteiger partial charge in [-0.05, 0) is 70.9 Å². The van der Waals surface area contributed by atoms with Crippen LogP contribution in [-0.4, -0.2) is 76.1 Å². The molecule has 0 saturated carbocycles. The van der Waals surface area contributed by atoms with Crippen LogP contribution in [-0.2, 0) is 32.0 Å². The number of hydrogen-bond acceptors (Lipinski definition) is 8. The summed E-state index contributed by atoms with van der Waals surface area (Å²) in [7, 11) is 0. The highest BCUT2D eigenvalue weighted by atomic mass is 16.6. The lowest BCUT2D eigenvalue weighted by molar-refractivity contribution is -0.131. The normalized spacial score (nSPS) is 14.4. The Morgan fingerprint density at radius 3 is 1.53 bits per heavy atom. The molecule has 0 aliphatic carbocycles. The summed E-state index contributed by atoms with van der Waals surface area (Å²) >= 11 is 0. The number of amides is 4. The van der Waals surface area contributed by atoms with Gasteiger partial charge in [-0.2, -0.15) is 0 Å². The summed E-state index contributed by atoms with van der Waals surface area (Å²) in [5, 5.41) is 21.6. The summed E-state index contributed by atoms with van der Waals surface area (Å²) in [4.78, 5) is 52.5. The molecule has 2 aromatic rings. The zero-order valence-electron chi connectivity index (χ0n) is 30.7. The van der Waals surface area contributed by atoms with Gasteiger partial charge in [-0.15, -0.1) is 0 Å². The molecular weight excluding hydrogens is 626 g/mol. The van der Waals surface area contributed by atoms with Gasteiger partial charge in [0.05, 0.1) is 12.1 Å². The standard InChI is InChI=1S/C37H57N5O7/c1-24(2)30(39-34(46)48-36(5,6)7)32(44)38-28(21-26-17-13-11-14-18-26)29(43)23-42(22-27-19-15-12-16-20-27)41-33(45)31(25(3)4)40-35(47)49-37(8,9)10/h11-20,24-25,28-31,43H,21-23H2,1-10H3,(H,38,44)(H,39,46)(H,40,47)(H,41,45)/t28-,29-,30-,31-/m0/s1. The van der Waals surface area contributed by atoms with Crippen molar-refractivity contribution in [3.63, 3.8) is 0 Å². The Labute approximate surface area is 291 Å². The largest absolute Gasteiger partial charge is 0.444 e. The van der Waals surface area contributed by atoms with Crippen LogP contribution >= 0.6 is 0 Å². The van der Waals surface area contributed by atoms with E-state index < -0.39 is 59.4 Å². The van der Waals surface area contributed by atoms with Gasteiger partial charge in [0.2, 0.25) is 5.91 Å². The van der Waals surface area contributed by atoms with Crippen LogP contribution in [0.2, 0.25) is 0 Å². The summed E-state index contributed by atoms with van der Waals surface area (Å²) in [6.07, 6.45) is -2.36. The fourth-order valence-electron chi connectivity index (χ4n) is 4.89. The summed E-state index contributed by atoms with van der Waals surface area (Å²) in [5.74, 6) is -1.55. The highest BCUT2D eigenvalue weighted by molar-refractivity contribution is 5.86. The van der Waals surface area contributed by atoms with Crippen LogP contribution in [0.5, 0.6) is 0 Å². The van der Waals surface area contributed by atoms with E-state index in [1.807, 2.05) is 60.7 Å². The Bertz CT molecular complexity index is 1340. The molecule has 0 aromatic heterocycles. The third-order valence-corrected chi connectivity index (χ3v) is 7.23. The molecule has 0 saturated heterocycles. The van der Waals surface area contributed by atoms with E-state index in [4.69, 9.17) is 9.47 Å². The summed E-state index contributed by atoms with van der Waals surface area (Å²) in [5.41, 5.74) is 3.11. The molecule has 0 radical (unpaired) electrons. The lowest BCUT2D eigenvalue weighted by Gasteiger charge is -2.33. The number of rotatable bonds is 15. The predicted octanol–water partition coefficient (Wildman–Crippen LogP) is 4.71. The number of carbonyl (C=O) groups is 4. The maximum absolute atomic E-state index is 13.7. The van der Waals surface area contributed by atoms with E-state index in [1.54, 1.807) is 74.2 Å². The highest BCUT2D eigenvalue weighted by Crippen LogP contribution is 2.14. The van der Waals surface area contributed by atoms with Crippen molar-refractivity contribution in [3.8, 4) is 0 Å². The predicted molar refractivity (Wildman–Crippen MR) is 189 cm³/mol. The molecule has 0 spiro atoms. The summed E-state index contributed by atoms with van der Waals surface area (Å²) < 4.78 is 10.8. The molecule has 4 atom stereocenters. The molecule has 0 heterocycles. The Hall–Kier alpha value is -4.16. The molecule has 0 unspecified atom stereocenters. The van der Waals surface area contributed by atoms with Crippen molar-refractivity contribution < 1.29 is 33.8 Å². The minimum atomic E-state index is -1.18. The van der Waals surface area contributed by atoms with Gasteiger partial charge in [0, 0.05) is 13.1 Å². The van der Waals surface area contributed by atoms with E-state index in [2.05, 4.69) is 21.4 Å². The Morgan fingerprint density at radius 1 is 0.673 bits per heavy atom. The molecule has 5 N–H and O–H groups in total. The second-order valence-electron chi connectivity index (χ2n) is 15.0. The topological polar surface area (TPSA) is 158 Å². The van der Waals surface area contributed by atoms with E-state index in [-0.39, 0.29) is 31.3 Å².